The topological polar surface area (TPSA) is 16.1 Å². The number of rotatable bonds is 3. The third kappa shape index (κ3) is 2.42. The first-order chi connectivity index (χ1) is 6.16. The van der Waals surface area contributed by atoms with Crippen molar-refractivity contribution in [2.45, 2.75) is 19.4 Å². The molecule has 1 rings (SSSR count). The van der Waals surface area contributed by atoms with Crippen LogP contribution in [0.5, 0.6) is 0 Å². The van der Waals surface area contributed by atoms with Crippen LogP contribution in [0.1, 0.15) is 24.9 Å². The molecule has 1 aromatic heterocycles. The fourth-order valence-electron chi connectivity index (χ4n) is 1.50. The Morgan fingerprint density at radius 1 is 1.54 bits per heavy atom. The molecule has 0 spiro atoms. The highest BCUT2D eigenvalue weighted by Crippen LogP contribution is 2.27. The average molecular weight is 199 g/mol. The van der Waals surface area contributed by atoms with E-state index in [2.05, 4.69) is 30.9 Å². The van der Waals surface area contributed by atoms with E-state index in [-0.39, 0.29) is 0 Å². The highest BCUT2D eigenvalue weighted by Gasteiger charge is 2.14. The molecular formula is C10H15ClN2. The minimum atomic E-state index is 0.362. The number of hydrogen-bond donors (Lipinski definition) is 0. The summed E-state index contributed by atoms with van der Waals surface area (Å²) in [6.45, 7) is 2.15. The number of nitrogens with zero attached hydrogens (tertiary/aromatic N) is 2. The Morgan fingerprint density at radius 2 is 2.23 bits per heavy atom. The zero-order valence-corrected chi connectivity index (χ0v) is 9.04. The van der Waals surface area contributed by atoms with Crippen LogP contribution in [-0.2, 0) is 0 Å². The van der Waals surface area contributed by atoms with Gasteiger partial charge in [-0.15, -0.1) is 0 Å². The Balaban J connectivity index is 2.97. The van der Waals surface area contributed by atoms with Crippen LogP contribution in [0, 0.1) is 0 Å². The highest BCUT2D eigenvalue weighted by atomic mass is 35.5. The summed E-state index contributed by atoms with van der Waals surface area (Å²) in [7, 11) is 4.11. The first kappa shape index (κ1) is 10.5. The van der Waals surface area contributed by atoms with Crippen molar-refractivity contribution in [1.82, 2.24) is 9.88 Å². The van der Waals surface area contributed by atoms with Gasteiger partial charge in [0.15, 0.2) is 0 Å². The van der Waals surface area contributed by atoms with Gasteiger partial charge in [0, 0.05) is 29.0 Å². The van der Waals surface area contributed by atoms with E-state index in [4.69, 9.17) is 11.6 Å². The van der Waals surface area contributed by atoms with E-state index < -0.39 is 0 Å². The van der Waals surface area contributed by atoms with E-state index in [1.807, 2.05) is 12.3 Å². The van der Waals surface area contributed by atoms with Crippen LogP contribution < -0.4 is 0 Å². The maximum atomic E-state index is 6.08. The van der Waals surface area contributed by atoms with Crippen molar-refractivity contribution in [1.29, 1.82) is 0 Å². The van der Waals surface area contributed by atoms with Gasteiger partial charge >= 0.3 is 0 Å². The molecule has 13 heavy (non-hydrogen) atoms. The van der Waals surface area contributed by atoms with Gasteiger partial charge in [-0.05, 0) is 26.6 Å². The van der Waals surface area contributed by atoms with Crippen LogP contribution in [0.15, 0.2) is 18.5 Å². The minimum absolute atomic E-state index is 0.362. The van der Waals surface area contributed by atoms with E-state index in [1.165, 1.54) is 0 Å². The molecule has 1 aromatic rings. The van der Waals surface area contributed by atoms with E-state index >= 15 is 0 Å². The van der Waals surface area contributed by atoms with Crippen molar-refractivity contribution in [3.63, 3.8) is 0 Å². The second kappa shape index (κ2) is 4.58. The lowest BCUT2D eigenvalue weighted by molar-refractivity contribution is 0.291. The number of halogens is 1. The second-order valence-corrected chi connectivity index (χ2v) is 3.69. The largest absolute Gasteiger partial charge is 0.302 e. The fourth-order valence-corrected chi connectivity index (χ4v) is 1.73. The summed E-state index contributed by atoms with van der Waals surface area (Å²) < 4.78 is 0. The Morgan fingerprint density at radius 3 is 2.69 bits per heavy atom. The highest BCUT2D eigenvalue weighted by molar-refractivity contribution is 6.31. The van der Waals surface area contributed by atoms with Gasteiger partial charge < -0.3 is 4.90 Å². The van der Waals surface area contributed by atoms with E-state index in [0.29, 0.717) is 6.04 Å². The van der Waals surface area contributed by atoms with Gasteiger partial charge in [0.1, 0.15) is 0 Å². The predicted octanol–water partition coefficient (Wildman–Crippen LogP) is 2.75. The maximum absolute atomic E-state index is 6.08. The van der Waals surface area contributed by atoms with Gasteiger partial charge in [-0.1, -0.05) is 18.5 Å². The van der Waals surface area contributed by atoms with E-state index in [1.54, 1.807) is 6.20 Å². The summed E-state index contributed by atoms with van der Waals surface area (Å²) in [5.41, 5.74) is 1.11. The summed E-state index contributed by atoms with van der Waals surface area (Å²) in [6, 6.07) is 2.20. The predicted molar refractivity (Wildman–Crippen MR) is 56.0 cm³/mol. The standard InChI is InChI=1S/C10H15ClN2/c1-4-10(13(2)3)8-7-12-6-5-9(8)11/h5-7,10H,4H2,1-3H3. The van der Waals surface area contributed by atoms with Gasteiger partial charge in [-0.25, -0.2) is 0 Å². The molecule has 0 bridgehead atoms. The molecule has 0 saturated heterocycles. The van der Waals surface area contributed by atoms with Crippen molar-refractivity contribution in [3.05, 3.63) is 29.0 Å². The summed E-state index contributed by atoms with van der Waals surface area (Å²) in [5, 5.41) is 0.801. The monoisotopic (exact) mass is 198 g/mol. The van der Waals surface area contributed by atoms with Gasteiger partial charge in [0.05, 0.1) is 0 Å². The smallest absolute Gasteiger partial charge is 0.0484 e. The first-order valence-corrected chi connectivity index (χ1v) is 4.80. The second-order valence-electron chi connectivity index (χ2n) is 3.28. The van der Waals surface area contributed by atoms with Gasteiger partial charge in [0.25, 0.3) is 0 Å². The van der Waals surface area contributed by atoms with Crippen molar-refractivity contribution in [2.24, 2.45) is 0 Å². The molecule has 0 N–H and O–H groups in total. The molecule has 0 amide bonds. The Bertz CT molecular complexity index is 273. The quantitative estimate of drug-likeness (QED) is 0.743. The Kier molecular flexibility index (Phi) is 3.70. The minimum Gasteiger partial charge on any atom is -0.302 e. The summed E-state index contributed by atoms with van der Waals surface area (Å²) >= 11 is 6.08. The SMILES string of the molecule is CCC(c1cnccc1Cl)N(C)C. The molecule has 3 heteroatoms. The Hall–Kier alpha value is -0.600. The summed E-state index contributed by atoms with van der Waals surface area (Å²) in [4.78, 5) is 6.24. The zero-order valence-electron chi connectivity index (χ0n) is 8.29. The molecule has 1 unspecified atom stereocenters. The molecule has 1 heterocycles. The first-order valence-electron chi connectivity index (χ1n) is 4.42. The average Bonchev–Trinajstić information content (AvgIpc) is 2.09. The Labute approximate surface area is 84.5 Å². The lowest BCUT2D eigenvalue weighted by atomic mass is 10.1. The summed E-state index contributed by atoms with van der Waals surface area (Å²) in [6.07, 6.45) is 4.60. The van der Waals surface area contributed by atoms with Crippen LogP contribution in [0.2, 0.25) is 5.02 Å². The molecule has 0 radical (unpaired) electrons. The van der Waals surface area contributed by atoms with Crippen molar-refractivity contribution >= 4 is 11.6 Å². The van der Waals surface area contributed by atoms with Crippen LogP contribution in [0.3, 0.4) is 0 Å². The molecular weight excluding hydrogens is 184 g/mol. The van der Waals surface area contributed by atoms with Crippen molar-refractivity contribution < 1.29 is 0 Å². The van der Waals surface area contributed by atoms with E-state index in [9.17, 15) is 0 Å². The third-order valence-electron chi connectivity index (χ3n) is 2.17. The van der Waals surface area contributed by atoms with Gasteiger partial charge in [-0.2, -0.15) is 0 Å². The lowest BCUT2D eigenvalue weighted by Gasteiger charge is -2.23. The maximum Gasteiger partial charge on any atom is 0.0484 e. The molecule has 1 atom stereocenters. The van der Waals surface area contributed by atoms with Crippen molar-refractivity contribution in [3.8, 4) is 0 Å². The van der Waals surface area contributed by atoms with Gasteiger partial charge in [-0.3, -0.25) is 4.98 Å². The number of aromatic nitrogens is 1. The molecule has 0 aromatic carbocycles. The molecule has 0 aliphatic heterocycles. The molecule has 0 aliphatic rings. The van der Waals surface area contributed by atoms with Crippen LogP contribution in [0.25, 0.3) is 0 Å². The molecule has 2 nitrogen and oxygen atoms in total. The summed E-state index contributed by atoms with van der Waals surface area (Å²) in [5.74, 6) is 0. The zero-order chi connectivity index (χ0) is 9.84. The normalized spacial score (nSPS) is 13.3. The third-order valence-corrected chi connectivity index (χ3v) is 2.51. The number of pyridine rings is 1. The molecule has 0 saturated carbocycles. The molecule has 0 fully saturated rings. The molecule has 0 aliphatic carbocycles. The molecule has 72 valence electrons. The van der Waals surface area contributed by atoms with Crippen LogP contribution >= 0.6 is 11.6 Å². The lowest BCUT2D eigenvalue weighted by Crippen LogP contribution is -2.19. The number of hydrogen-bond acceptors (Lipinski definition) is 2. The van der Waals surface area contributed by atoms with Crippen molar-refractivity contribution in [2.75, 3.05) is 14.1 Å². The fraction of sp³-hybridized carbons (Fsp3) is 0.500. The van der Waals surface area contributed by atoms with Crippen LogP contribution in [0.4, 0.5) is 0 Å². The van der Waals surface area contributed by atoms with E-state index in [0.717, 1.165) is 17.0 Å². The van der Waals surface area contributed by atoms with Gasteiger partial charge in [0.2, 0.25) is 0 Å². The van der Waals surface area contributed by atoms with Crippen LogP contribution in [-0.4, -0.2) is 24.0 Å².